The van der Waals surface area contributed by atoms with Crippen molar-refractivity contribution in [3.63, 3.8) is 0 Å². The van der Waals surface area contributed by atoms with Crippen LogP contribution in [0.5, 0.6) is 0 Å². The van der Waals surface area contributed by atoms with Crippen molar-refractivity contribution in [2.45, 2.75) is 112 Å². The Bertz CT molecular complexity index is 327. The Labute approximate surface area is 168 Å². The molecule has 0 aromatic carbocycles. The SMILES string of the molecule is CCCCOP(=O)([CH2][Sn]([CH2]CCC)([CH2]CCC)[CH2]CCC)OCCCC. The summed E-state index contributed by atoms with van der Waals surface area (Å²) in [7, 11) is -2.93. The molecule has 0 saturated carbocycles. The topological polar surface area (TPSA) is 35.5 Å². The molecule has 0 radical (unpaired) electrons. The molecular formula is C21H47O3PSn. The van der Waals surface area contributed by atoms with Gasteiger partial charge in [-0.05, 0) is 0 Å². The summed E-state index contributed by atoms with van der Waals surface area (Å²) in [5.41, 5.74) is 0. The second-order valence-electron chi connectivity index (χ2n) is 7.95. The van der Waals surface area contributed by atoms with Crippen molar-refractivity contribution in [1.82, 2.24) is 0 Å². The minimum absolute atomic E-state index is 0.594. The van der Waals surface area contributed by atoms with Gasteiger partial charge < -0.3 is 0 Å². The third kappa shape index (κ3) is 12.4. The standard InChI is InChI=1S/C9H20O3P.3C4H9.Sn/c1-4-6-8-11-13(3,10)12-9-7-5-2;3*1-3-4-2;/h3-9H2,1-2H3;3*1,3-4H2,2H3;. The Morgan fingerprint density at radius 3 is 1.27 bits per heavy atom. The Kier molecular flexibility index (Phi) is 17.5. The Hall–Kier alpha value is 0.949. The van der Waals surface area contributed by atoms with Gasteiger partial charge in [0, 0.05) is 0 Å². The van der Waals surface area contributed by atoms with Crippen molar-refractivity contribution in [1.29, 1.82) is 0 Å². The van der Waals surface area contributed by atoms with Crippen molar-refractivity contribution in [2.24, 2.45) is 0 Å². The van der Waals surface area contributed by atoms with Gasteiger partial charge in [-0.1, -0.05) is 0 Å². The van der Waals surface area contributed by atoms with Crippen LogP contribution < -0.4 is 0 Å². The molecule has 0 bridgehead atoms. The summed E-state index contributed by atoms with van der Waals surface area (Å²) in [4.78, 5) is 0. The molecule has 0 aliphatic rings. The summed E-state index contributed by atoms with van der Waals surface area (Å²) in [6, 6.07) is 0. The van der Waals surface area contributed by atoms with Crippen LogP contribution in [0.2, 0.25) is 13.3 Å². The Balaban J connectivity index is 5.31. The molecule has 0 amide bonds. The zero-order valence-electron chi connectivity index (χ0n) is 18.5. The monoisotopic (exact) mass is 498 g/mol. The molecule has 0 spiro atoms. The Morgan fingerprint density at radius 2 is 0.962 bits per heavy atom. The van der Waals surface area contributed by atoms with Gasteiger partial charge in [-0.3, -0.25) is 0 Å². The van der Waals surface area contributed by atoms with Crippen molar-refractivity contribution < 1.29 is 13.6 Å². The zero-order valence-corrected chi connectivity index (χ0v) is 22.2. The van der Waals surface area contributed by atoms with E-state index in [9.17, 15) is 4.57 Å². The van der Waals surface area contributed by atoms with Gasteiger partial charge in [-0.25, -0.2) is 0 Å². The first kappa shape index (κ1) is 26.9. The predicted molar refractivity (Wildman–Crippen MR) is 119 cm³/mol. The number of hydrogen-bond donors (Lipinski definition) is 0. The molecular weight excluding hydrogens is 450 g/mol. The molecule has 3 nitrogen and oxygen atoms in total. The van der Waals surface area contributed by atoms with E-state index < -0.39 is 26.0 Å². The summed E-state index contributed by atoms with van der Waals surface area (Å²) in [6.45, 7) is 12.3. The fourth-order valence-electron chi connectivity index (χ4n) is 3.50. The average Bonchev–Trinajstić information content (AvgIpc) is 2.63. The molecule has 0 aromatic rings. The van der Waals surface area contributed by atoms with Gasteiger partial charge in [0.05, 0.1) is 0 Å². The van der Waals surface area contributed by atoms with Gasteiger partial charge >= 0.3 is 169 Å². The van der Waals surface area contributed by atoms with E-state index in [0.29, 0.717) is 13.2 Å². The second-order valence-corrected chi connectivity index (χ2v) is 25.6. The van der Waals surface area contributed by atoms with Crippen LogP contribution in [0, 0.1) is 0 Å². The normalized spacial score (nSPS) is 12.7. The van der Waals surface area contributed by atoms with Crippen LogP contribution in [0.1, 0.15) is 98.8 Å². The van der Waals surface area contributed by atoms with Crippen LogP contribution in [-0.4, -0.2) is 35.8 Å². The average molecular weight is 497 g/mol. The van der Waals surface area contributed by atoms with E-state index in [1.807, 2.05) is 0 Å². The Morgan fingerprint density at radius 1 is 0.615 bits per heavy atom. The maximum absolute atomic E-state index is 13.7. The van der Waals surface area contributed by atoms with Crippen molar-refractivity contribution in [2.75, 3.05) is 17.4 Å². The van der Waals surface area contributed by atoms with Gasteiger partial charge in [0.2, 0.25) is 0 Å². The van der Waals surface area contributed by atoms with E-state index in [2.05, 4.69) is 34.6 Å². The maximum atomic E-state index is 13.7. The van der Waals surface area contributed by atoms with E-state index >= 15 is 0 Å². The van der Waals surface area contributed by atoms with E-state index in [4.69, 9.17) is 9.05 Å². The van der Waals surface area contributed by atoms with Crippen LogP contribution in [-0.2, 0) is 13.6 Å². The summed E-state index contributed by atoms with van der Waals surface area (Å²) < 4.78 is 30.6. The molecule has 0 saturated heterocycles. The summed E-state index contributed by atoms with van der Waals surface area (Å²) in [6.07, 6.45) is 11.7. The third-order valence-electron chi connectivity index (χ3n) is 5.28. The zero-order chi connectivity index (χ0) is 19.7. The van der Waals surface area contributed by atoms with Gasteiger partial charge in [-0.2, -0.15) is 0 Å². The van der Waals surface area contributed by atoms with Gasteiger partial charge in [-0.15, -0.1) is 0 Å². The molecule has 158 valence electrons. The first-order valence-electron chi connectivity index (χ1n) is 11.4. The second kappa shape index (κ2) is 16.9. The van der Waals surface area contributed by atoms with Crippen molar-refractivity contribution in [3.05, 3.63) is 0 Å². The molecule has 0 rings (SSSR count). The summed E-state index contributed by atoms with van der Waals surface area (Å²) >= 11 is -2.52. The van der Waals surface area contributed by atoms with Crippen LogP contribution in [0.15, 0.2) is 0 Å². The number of unbranched alkanes of at least 4 members (excludes halogenated alkanes) is 5. The predicted octanol–water partition coefficient (Wildman–Crippen LogP) is 8.20. The first-order chi connectivity index (χ1) is 12.5. The van der Waals surface area contributed by atoms with Crippen LogP contribution in [0.3, 0.4) is 0 Å². The minimum atomic E-state index is -2.93. The summed E-state index contributed by atoms with van der Waals surface area (Å²) in [5, 5.41) is 0. The molecule has 0 N–H and O–H groups in total. The quantitative estimate of drug-likeness (QED) is 0.103. The molecule has 0 aliphatic heterocycles. The molecule has 0 fully saturated rings. The molecule has 5 heteroatoms. The molecule has 26 heavy (non-hydrogen) atoms. The number of rotatable bonds is 19. The molecule has 0 atom stereocenters. The molecule has 0 heterocycles. The first-order valence-corrected chi connectivity index (χ1v) is 21.2. The van der Waals surface area contributed by atoms with E-state index in [0.717, 1.165) is 29.9 Å². The van der Waals surface area contributed by atoms with E-state index in [-0.39, 0.29) is 0 Å². The van der Waals surface area contributed by atoms with Crippen molar-refractivity contribution >= 4 is 26.0 Å². The van der Waals surface area contributed by atoms with Crippen LogP contribution in [0.4, 0.5) is 0 Å². The molecule has 0 aromatic heterocycles. The fraction of sp³-hybridized carbons (Fsp3) is 1.00. The fourth-order valence-corrected chi connectivity index (χ4v) is 30.1. The molecule has 0 unspecified atom stereocenters. The van der Waals surface area contributed by atoms with Gasteiger partial charge in [0.1, 0.15) is 0 Å². The van der Waals surface area contributed by atoms with Crippen LogP contribution in [0.25, 0.3) is 0 Å². The third-order valence-corrected chi connectivity index (χ3v) is 28.7. The van der Waals surface area contributed by atoms with E-state index in [1.165, 1.54) is 51.8 Å². The number of hydrogen-bond acceptors (Lipinski definition) is 3. The van der Waals surface area contributed by atoms with Gasteiger partial charge in [0.15, 0.2) is 0 Å². The van der Waals surface area contributed by atoms with Gasteiger partial charge in [0.25, 0.3) is 0 Å². The van der Waals surface area contributed by atoms with Crippen molar-refractivity contribution in [3.8, 4) is 0 Å². The van der Waals surface area contributed by atoms with Crippen LogP contribution >= 0.6 is 7.60 Å². The van der Waals surface area contributed by atoms with E-state index in [1.54, 1.807) is 0 Å². The summed E-state index contributed by atoms with van der Waals surface area (Å²) in [5.74, 6) is 0. The molecule has 0 aliphatic carbocycles.